The highest BCUT2D eigenvalue weighted by Crippen LogP contribution is 2.23. The molecule has 2 aromatic rings. The van der Waals surface area contributed by atoms with E-state index in [2.05, 4.69) is 10.6 Å². The number of benzene rings is 2. The van der Waals surface area contributed by atoms with Crippen molar-refractivity contribution in [2.75, 3.05) is 13.2 Å². The molecular weight excluding hydrogens is 436 g/mol. The van der Waals surface area contributed by atoms with Gasteiger partial charge in [-0.1, -0.05) is 60.7 Å². The van der Waals surface area contributed by atoms with Crippen LogP contribution < -0.4 is 10.6 Å². The predicted octanol–water partition coefficient (Wildman–Crippen LogP) is 2.44. The van der Waals surface area contributed by atoms with Gasteiger partial charge >= 0.3 is 11.9 Å². The maximum absolute atomic E-state index is 13.2. The molecule has 1 aliphatic rings. The fourth-order valence-corrected chi connectivity index (χ4v) is 3.59. The van der Waals surface area contributed by atoms with E-state index in [0.29, 0.717) is 11.1 Å². The van der Waals surface area contributed by atoms with Crippen molar-refractivity contribution < 1.29 is 28.7 Å². The van der Waals surface area contributed by atoms with Gasteiger partial charge in [0.2, 0.25) is 11.8 Å². The molecule has 0 radical (unpaired) electrons. The summed E-state index contributed by atoms with van der Waals surface area (Å²) < 4.78 is 11.0. The quantitative estimate of drug-likeness (QED) is 0.658. The number of amides is 2. The summed E-state index contributed by atoms with van der Waals surface area (Å²) in [4.78, 5) is 52.2. The van der Waals surface area contributed by atoms with Gasteiger partial charge < -0.3 is 20.1 Å². The molecule has 2 aromatic carbocycles. The Morgan fingerprint density at radius 3 is 1.26 bits per heavy atom. The molecule has 3 rings (SSSR count). The van der Waals surface area contributed by atoms with Crippen molar-refractivity contribution in [2.24, 2.45) is 0 Å². The molecule has 1 saturated heterocycles. The number of nitrogens with one attached hydrogen (secondary N) is 2. The van der Waals surface area contributed by atoms with Crippen LogP contribution >= 0.6 is 0 Å². The second-order valence-corrected chi connectivity index (χ2v) is 9.35. The Morgan fingerprint density at radius 1 is 0.618 bits per heavy atom. The van der Waals surface area contributed by atoms with Gasteiger partial charge in [0.1, 0.15) is 24.3 Å². The van der Waals surface area contributed by atoms with Gasteiger partial charge in [0.25, 0.3) is 0 Å². The van der Waals surface area contributed by atoms with Crippen LogP contribution in [0.25, 0.3) is 0 Å². The zero-order valence-corrected chi connectivity index (χ0v) is 19.8. The standard InChI is InChI=1S/C26H30N2O6/c1-25(2)23(31)33-15-20(18-13-9-6-10-14-18)22(30)28-26(3,4)24(32)34-16-19(21(29)27-25)17-11-7-5-8-12-17/h5-14,19-20H,15-16H2,1-4H3,(H,27,29)(H,28,30)/t19-,20-/m0/s1. The van der Waals surface area contributed by atoms with Gasteiger partial charge in [0.15, 0.2) is 0 Å². The third-order valence-electron chi connectivity index (χ3n) is 5.69. The van der Waals surface area contributed by atoms with Crippen molar-refractivity contribution in [3.63, 3.8) is 0 Å². The SMILES string of the molecule is CC1(C)NC(=O)[C@H](c2ccccc2)COC(=O)C(C)(C)NC(=O)[C@H](c2ccccc2)COC1=O. The summed E-state index contributed by atoms with van der Waals surface area (Å²) in [6.07, 6.45) is 0. The van der Waals surface area contributed by atoms with E-state index < -0.39 is 46.7 Å². The second kappa shape index (κ2) is 10.1. The Bertz CT molecular complexity index is 964. The Morgan fingerprint density at radius 2 is 0.941 bits per heavy atom. The number of rotatable bonds is 2. The first-order valence-corrected chi connectivity index (χ1v) is 11.1. The molecule has 0 unspecified atom stereocenters. The second-order valence-electron chi connectivity index (χ2n) is 9.35. The average molecular weight is 467 g/mol. The summed E-state index contributed by atoms with van der Waals surface area (Å²) >= 11 is 0. The number of carbonyl (C=O) groups is 4. The lowest BCUT2D eigenvalue weighted by atomic mass is 9.95. The van der Waals surface area contributed by atoms with E-state index in [4.69, 9.17) is 9.47 Å². The van der Waals surface area contributed by atoms with Gasteiger partial charge in [-0.15, -0.1) is 0 Å². The van der Waals surface area contributed by atoms with Gasteiger partial charge in [0, 0.05) is 0 Å². The number of hydrogen-bond acceptors (Lipinski definition) is 6. The summed E-state index contributed by atoms with van der Waals surface area (Å²) in [6, 6.07) is 17.6. The summed E-state index contributed by atoms with van der Waals surface area (Å²) in [6.45, 7) is 5.56. The van der Waals surface area contributed by atoms with Crippen molar-refractivity contribution in [3.8, 4) is 0 Å². The molecule has 0 aromatic heterocycles. The lowest BCUT2D eigenvalue weighted by Gasteiger charge is -2.31. The molecule has 0 aliphatic carbocycles. The number of esters is 2. The molecule has 8 heteroatoms. The third-order valence-corrected chi connectivity index (χ3v) is 5.69. The first-order valence-electron chi connectivity index (χ1n) is 11.1. The van der Waals surface area contributed by atoms with E-state index in [9.17, 15) is 19.2 Å². The number of cyclic esters (lactones) is 2. The zero-order valence-electron chi connectivity index (χ0n) is 19.8. The number of ether oxygens (including phenoxy) is 2. The van der Waals surface area contributed by atoms with Crippen molar-refractivity contribution in [1.29, 1.82) is 0 Å². The summed E-state index contributed by atoms with van der Waals surface area (Å²) in [5.74, 6) is -4.06. The molecule has 8 nitrogen and oxygen atoms in total. The molecule has 1 fully saturated rings. The van der Waals surface area contributed by atoms with Gasteiger partial charge in [-0.2, -0.15) is 0 Å². The predicted molar refractivity (Wildman–Crippen MR) is 125 cm³/mol. The van der Waals surface area contributed by atoms with E-state index in [1.807, 2.05) is 0 Å². The molecular formula is C26H30N2O6. The van der Waals surface area contributed by atoms with Crippen LogP contribution in [-0.4, -0.2) is 48.0 Å². The van der Waals surface area contributed by atoms with E-state index in [1.165, 1.54) is 27.7 Å². The van der Waals surface area contributed by atoms with Gasteiger partial charge in [-0.05, 0) is 38.8 Å². The molecule has 0 spiro atoms. The highest BCUT2D eigenvalue weighted by Gasteiger charge is 2.39. The van der Waals surface area contributed by atoms with Crippen LogP contribution in [0.15, 0.2) is 60.7 Å². The molecule has 34 heavy (non-hydrogen) atoms. The van der Waals surface area contributed by atoms with Crippen LogP contribution in [0.1, 0.15) is 50.7 Å². The van der Waals surface area contributed by atoms with Crippen LogP contribution in [-0.2, 0) is 28.7 Å². The maximum Gasteiger partial charge on any atom is 0.331 e. The molecule has 2 N–H and O–H groups in total. The zero-order chi connectivity index (χ0) is 24.9. The van der Waals surface area contributed by atoms with Crippen molar-refractivity contribution in [2.45, 2.75) is 50.6 Å². The van der Waals surface area contributed by atoms with Crippen LogP contribution in [0.4, 0.5) is 0 Å². The van der Waals surface area contributed by atoms with E-state index in [-0.39, 0.29) is 13.2 Å². The Labute approximate surface area is 199 Å². The van der Waals surface area contributed by atoms with Crippen molar-refractivity contribution in [3.05, 3.63) is 71.8 Å². The topological polar surface area (TPSA) is 111 Å². The van der Waals surface area contributed by atoms with E-state index >= 15 is 0 Å². The van der Waals surface area contributed by atoms with Crippen LogP contribution in [0, 0.1) is 0 Å². The summed E-state index contributed by atoms with van der Waals surface area (Å²) in [5.41, 5.74) is -1.52. The minimum absolute atomic E-state index is 0.263. The minimum Gasteiger partial charge on any atom is -0.463 e. The monoisotopic (exact) mass is 466 g/mol. The molecule has 0 bridgehead atoms. The fraction of sp³-hybridized carbons (Fsp3) is 0.385. The summed E-state index contributed by atoms with van der Waals surface area (Å²) in [7, 11) is 0. The average Bonchev–Trinajstić information content (AvgIpc) is 2.79. The number of carbonyl (C=O) groups excluding carboxylic acids is 4. The van der Waals surface area contributed by atoms with E-state index in [1.54, 1.807) is 60.7 Å². The Kier molecular flexibility index (Phi) is 7.39. The van der Waals surface area contributed by atoms with Crippen molar-refractivity contribution >= 4 is 23.8 Å². The molecule has 1 aliphatic heterocycles. The van der Waals surface area contributed by atoms with Crippen LogP contribution in [0.3, 0.4) is 0 Å². The normalized spacial score (nSPS) is 23.5. The lowest BCUT2D eigenvalue weighted by molar-refractivity contribution is -0.158. The molecule has 180 valence electrons. The Balaban J connectivity index is 1.95. The van der Waals surface area contributed by atoms with Crippen LogP contribution in [0.5, 0.6) is 0 Å². The van der Waals surface area contributed by atoms with Crippen LogP contribution in [0.2, 0.25) is 0 Å². The van der Waals surface area contributed by atoms with Gasteiger partial charge in [0.05, 0.1) is 11.8 Å². The van der Waals surface area contributed by atoms with Gasteiger partial charge in [-0.3, -0.25) is 9.59 Å². The Hall–Kier alpha value is -3.68. The number of hydrogen-bond donors (Lipinski definition) is 2. The maximum atomic E-state index is 13.2. The minimum atomic E-state index is -1.38. The summed E-state index contributed by atoms with van der Waals surface area (Å²) in [5, 5.41) is 5.41. The van der Waals surface area contributed by atoms with E-state index in [0.717, 1.165) is 0 Å². The lowest BCUT2D eigenvalue weighted by Crippen LogP contribution is -2.55. The first kappa shape index (κ1) is 25.0. The molecule has 2 atom stereocenters. The largest absolute Gasteiger partial charge is 0.463 e. The highest BCUT2D eigenvalue weighted by atomic mass is 16.5. The van der Waals surface area contributed by atoms with Crippen molar-refractivity contribution in [1.82, 2.24) is 10.6 Å². The van der Waals surface area contributed by atoms with Gasteiger partial charge in [-0.25, -0.2) is 9.59 Å². The molecule has 2 amide bonds. The highest BCUT2D eigenvalue weighted by molar-refractivity contribution is 5.93. The molecule has 0 saturated carbocycles. The first-order chi connectivity index (χ1) is 16.0. The smallest absolute Gasteiger partial charge is 0.331 e. The molecule has 1 heterocycles. The fourth-order valence-electron chi connectivity index (χ4n) is 3.59. The third kappa shape index (κ3) is 5.81.